The van der Waals surface area contributed by atoms with E-state index in [2.05, 4.69) is 0 Å². The van der Waals surface area contributed by atoms with Crippen LogP contribution in [0.4, 0.5) is 9.18 Å². The molecule has 4 heteroatoms. The molecule has 0 fully saturated rings. The van der Waals surface area contributed by atoms with Gasteiger partial charge in [-0.1, -0.05) is 48.5 Å². The molecule has 0 atom stereocenters. The number of hydrogen-bond donors (Lipinski definition) is 0. The van der Waals surface area contributed by atoms with Crippen LogP contribution in [0.5, 0.6) is 0 Å². The lowest BCUT2D eigenvalue weighted by molar-refractivity contribution is 0.0998. The third-order valence-electron chi connectivity index (χ3n) is 3.89. The van der Waals surface area contributed by atoms with Crippen molar-refractivity contribution in [1.29, 1.82) is 0 Å². The predicted molar refractivity (Wildman–Crippen MR) is 87.2 cm³/mol. The number of hydrogen-bond acceptors (Lipinski definition) is 2. The smallest absolute Gasteiger partial charge is 0.410 e. The Kier molecular flexibility index (Phi) is 4.71. The Balaban J connectivity index is 1.55. The molecular weight excluding hydrogens is 293 g/mol. The van der Waals surface area contributed by atoms with Gasteiger partial charge in [0.2, 0.25) is 0 Å². The molecule has 0 unspecified atom stereocenters. The third kappa shape index (κ3) is 3.97. The van der Waals surface area contributed by atoms with Gasteiger partial charge in [0, 0.05) is 13.1 Å². The number of benzene rings is 2. The summed E-state index contributed by atoms with van der Waals surface area (Å²) in [6.45, 7) is 1.40. The fourth-order valence-corrected chi connectivity index (χ4v) is 2.57. The maximum atomic E-state index is 13.0. The molecule has 1 heterocycles. The van der Waals surface area contributed by atoms with Crippen LogP contribution in [0.15, 0.2) is 60.7 Å². The van der Waals surface area contributed by atoms with E-state index in [1.807, 2.05) is 36.4 Å². The van der Waals surface area contributed by atoms with Crippen LogP contribution in [0.3, 0.4) is 0 Å². The van der Waals surface area contributed by atoms with Crippen molar-refractivity contribution in [3.8, 4) is 0 Å². The third-order valence-corrected chi connectivity index (χ3v) is 3.89. The van der Waals surface area contributed by atoms with E-state index in [1.54, 1.807) is 17.0 Å². The zero-order valence-corrected chi connectivity index (χ0v) is 12.7. The molecular formula is C19H18FNO2. The molecule has 0 bridgehead atoms. The van der Waals surface area contributed by atoms with Crippen LogP contribution < -0.4 is 0 Å². The highest BCUT2D eigenvalue weighted by atomic mass is 19.1. The molecule has 0 radical (unpaired) electrons. The number of carbonyl (C=O) groups is 1. The Morgan fingerprint density at radius 3 is 2.48 bits per heavy atom. The van der Waals surface area contributed by atoms with Gasteiger partial charge in [0.15, 0.2) is 0 Å². The summed E-state index contributed by atoms with van der Waals surface area (Å²) in [6, 6.07) is 16.1. The number of carbonyl (C=O) groups excluding carboxylic acids is 1. The van der Waals surface area contributed by atoms with Crippen molar-refractivity contribution >= 4 is 11.7 Å². The Bertz CT molecular complexity index is 695. The SMILES string of the molecule is O=C(OCc1ccccc1)N1CC=C(c2ccc(F)cc2)CC1. The van der Waals surface area contributed by atoms with Crippen molar-refractivity contribution in [2.24, 2.45) is 0 Å². The van der Waals surface area contributed by atoms with Crippen LogP contribution in [0.2, 0.25) is 0 Å². The average molecular weight is 311 g/mol. The molecule has 0 N–H and O–H groups in total. The second-order valence-electron chi connectivity index (χ2n) is 5.47. The van der Waals surface area contributed by atoms with Crippen molar-refractivity contribution < 1.29 is 13.9 Å². The zero-order chi connectivity index (χ0) is 16.1. The highest BCUT2D eigenvalue weighted by Crippen LogP contribution is 2.23. The predicted octanol–water partition coefficient (Wildman–Crippen LogP) is 4.25. The first-order chi connectivity index (χ1) is 11.2. The first-order valence-corrected chi connectivity index (χ1v) is 7.63. The molecule has 0 saturated carbocycles. The van der Waals surface area contributed by atoms with Crippen LogP contribution in [0, 0.1) is 5.82 Å². The van der Waals surface area contributed by atoms with Crippen LogP contribution in [0.25, 0.3) is 5.57 Å². The lowest BCUT2D eigenvalue weighted by Crippen LogP contribution is -2.35. The van der Waals surface area contributed by atoms with E-state index in [0.717, 1.165) is 23.1 Å². The molecule has 0 aliphatic carbocycles. The van der Waals surface area contributed by atoms with Crippen molar-refractivity contribution in [2.45, 2.75) is 13.0 Å². The number of ether oxygens (including phenoxy) is 1. The monoisotopic (exact) mass is 311 g/mol. The summed E-state index contributed by atoms with van der Waals surface area (Å²) in [5.74, 6) is -0.240. The standard InChI is InChI=1S/C19H18FNO2/c20-18-8-6-16(7-9-18)17-10-12-21(13-11-17)19(22)23-14-15-4-2-1-3-5-15/h1-10H,11-14H2. The normalized spacial score (nSPS) is 14.3. The van der Waals surface area contributed by atoms with Gasteiger partial charge in [0.05, 0.1) is 0 Å². The maximum Gasteiger partial charge on any atom is 0.410 e. The van der Waals surface area contributed by atoms with Gasteiger partial charge in [0.25, 0.3) is 0 Å². The number of amides is 1. The summed E-state index contributed by atoms with van der Waals surface area (Å²) in [7, 11) is 0. The summed E-state index contributed by atoms with van der Waals surface area (Å²) < 4.78 is 18.3. The van der Waals surface area contributed by atoms with E-state index < -0.39 is 0 Å². The number of halogens is 1. The Labute approximate surface area is 135 Å². The molecule has 3 nitrogen and oxygen atoms in total. The van der Waals surface area contributed by atoms with E-state index in [9.17, 15) is 9.18 Å². The van der Waals surface area contributed by atoms with Crippen LogP contribution >= 0.6 is 0 Å². The molecule has 1 amide bonds. The average Bonchev–Trinajstić information content (AvgIpc) is 2.61. The molecule has 1 aliphatic heterocycles. The summed E-state index contributed by atoms with van der Waals surface area (Å²) >= 11 is 0. The van der Waals surface area contributed by atoms with Crippen LogP contribution in [-0.2, 0) is 11.3 Å². The molecule has 0 aromatic heterocycles. The quantitative estimate of drug-likeness (QED) is 0.848. The molecule has 0 spiro atoms. The van der Waals surface area contributed by atoms with E-state index in [0.29, 0.717) is 13.1 Å². The van der Waals surface area contributed by atoms with Crippen molar-refractivity contribution in [2.75, 3.05) is 13.1 Å². The minimum atomic E-state index is -0.303. The van der Waals surface area contributed by atoms with Crippen molar-refractivity contribution in [3.63, 3.8) is 0 Å². The fourth-order valence-electron chi connectivity index (χ4n) is 2.57. The first-order valence-electron chi connectivity index (χ1n) is 7.63. The van der Waals surface area contributed by atoms with Crippen molar-refractivity contribution in [3.05, 3.63) is 77.6 Å². The second kappa shape index (κ2) is 7.09. The number of rotatable bonds is 3. The minimum Gasteiger partial charge on any atom is -0.445 e. The highest BCUT2D eigenvalue weighted by molar-refractivity contribution is 5.72. The van der Waals surface area contributed by atoms with Gasteiger partial charge in [-0.05, 0) is 35.3 Å². The molecule has 1 aliphatic rings. The molecule has 118 valence electrons. The lowest BCUT2D eigenvalue weighted by atomic mass is 10.00. The molecule has 0 saturated heterocycles. The fraction of sp³-hybridized carbons (Fsp3) is 0.211. The van der Waals surface area contributed by atoms with Crippen molar-refractivity contribution in [1.82, 2.24) is 4.90 Å². The number of nitrogens with zero attached hydrogens (tertiary/aromatic N) is 1. The van der Waals surface area contributed by atoms with E-state index in [4.69, 9.17) is 4.74 Å². The Hall–Kier alpha value is -2.62. The Morgan fingerprint density at radius 2 is 1.83 bits per heavy atom. The highest BCUT2D eigenvalue weighted by Gasteiger charge is 2.19. The summed E-state index contributed by atoms with van der Waals surface area (Å²) in [5.41, 5.74) is 3.11. The molecule has 2 aromatic carbocycles. The van der Waals surface area contributed by atoms with Gasteiger partial charge in [-0.3, -0.25) is 0 Å². The lowest BCUT2D eigenvalue weighted by Gasteiger charge is -2.26. The Morgan fingerprint density at radius 1 is 1.09 bits per heavy atom. The van der Waals surface area contributed by atoms with E-state index in [-0.39, 0.29) is 18.5 Å². The molecule has 23 heavy (non-hydrogen) atoms. The topological polar surface area (TPSA) is 29.5 Å². The van der Waals surface area contributed by atoms with Crippen LogP contribution in [-0.4, -0.2) is 24.1 Å². The summed E-state index contributed by atoms with van der Waals surface area (Å²) in [4.78, 5) is 13.8. The van der Waals surface area contributed by atoms with Gasteiger partial charge in [-0.2, -0.15) is 0 Å². The molecule has 3 rings (SSSR count). The van der Waals surface area contributed by atoms with Gasteiger partial charge < -0.3 is 9.64 Å². The summed E-state index contributed by atoms with van der Waals surface area (Å²) in [6.07, 6.45) is 2.44. The van der Waals surface area contributed by atoms with E-state index in [1.165, 1.54) is 12.1 Å². The van der Waals surface area contributed by atoms with Gasteiger partial charge in [0.1, 0.15) is 12.4 Å². The van der Waals surface area contributed by atoms with Gasteiger partial charge >= 0.3 is 6.09 Å². The van der Waals surface area contributed by atoms with Gasteiger partial charge in [-0.25, -0.2) is 9.18 Å². The molecule has 2 aromatic rings. The van der Waals surface area contributed by atoms with E-state index >= 15 is 0 Å². The largest absolute Gasteiger partial charge is 0.445 e. The first kappa shape index (κ1) is 15.3. The second-order valence-corrected chi connectivity index (χ2v) is 5.47. The minimum absolute atomic E-state index is 0.240. The zero-order valence-electron chi connectivity index (χ0n) is 12.7. The maximum absolute atomic E-state index is 13.0. The van der Waals surface area contributed by atoms with Crippen LogP contribution in [0.1, 0.15) is 17.5 Å². The summed E-state index contributed by atoms with van der Waals surface area (Å²) in [5, 5.41) is 0. The van der Waals surface area contributed by atoms with Gasteiger partial charge in [-0.15, -0.1) is 0 Å².